The lowest BCUT2D eigenvalue weighted by atomic mass is 10.0. The summed E-state index contributed by atoms with van der Waals surface area (Å²) in [4.78, 5) is 18.5. The molecule has 1 aliphatic heterocycles. The van der Waals surface area contributed by atoms with Crippen LogP contribution in [-0.2, 0) is 11.2 Å². The van der Waals surface area contributed by atoms with E-state index in [1.165, 1.54) is 5.56 Å². The molecule has 1 atom stereocenters. The van der Waals surface area contributed by atoms with Crippen LogP contribution in [0.25, 0.3) is 11.0 Å². The average molecular weight is 215 g/mol. The zero-order valence-corrected chi connectivity index (χ0v) is 8.86. The van der Waals surface area contributed by atoms with Crippen LogP contribution in [0, 0.1) is 0 Å². The van der Waals surface area contributed by atoms with Crippen LogP contribution in [0.15, 0.2) is 24.5 Å². The van der Waals surface area contributed by atoms with Crippen LogP contribution in [0.1, 0.15) is 18.4 Å². The minimum Gasteiger partial charge on any atom is -0.353 e. The zero-order chi connectivity index (χ0) is 11.0. The summed E-state index contributed by atoms with van der Waals surface area (Å²) in [6.45, 7) is 0. The Bertz CT molecular complexity index is 532. The van der Waals surface area contributed by atoms with Gasteiger partial charge in [0.1, 0.15) is 5.65 Å². The van der Waals surface area contributed by atoms with Gasteiger partial charge in [-0.15, -0.1) is 0 Å². The molecule has 2 aromatic rings. The molecule has 2 N–H and O–H groups in total. The van der Waals surface area contributed by atoms with Crippen molar-refractivity contribution in [1.29, 1.82) is 0 Å². The third-order valence-electron chi connectivity index (χ3n) is 3.10. The summed E-state index contributed by atoms with van der Waals surface area (Å²) in [5, 5.41) is 4.15. The third kappa shape index (κ3) is 1.56. The summed E-state index contributed by atoms with van der Waals surface area (Å²) in [6.07, 6.45) is 6.20. The largest absolute Gasteiger partial charge is 0.353 e. The minimum absolute atomic E-state index is 0.171. The van der Waals surface area contributed by atoms with Crippen molar-refractivity contribution in [1.82, 2.24) is 15.3 Å². The van der Waals surface area contributed by atoms with E-state index in [4.69, 9.17) is 0 Å². The number of rotatable bonds is 2. The molecule has 1 amide bonds. The first-order valence-electron chi connectivity index (χ1n) is 5.53. The van der Waals surface area contributed by atoms with Gasteiger partial charge in [0.15, 0.2) is 0 Å². The van der Waals surface area contributed by atoms with Gasteiger partial charge >= 0.3 is 0 Å². The summed E-state index contributed by atoms with van der Waals surface area (Å²) in [6, 6.07) is 4.35. The minimum atomic E-state index is 0.171. The zero-order valence-electron chi connectivity index (χ0n) is 8.86. The van der Waals surface area contributed by atoms with Gasteiger partial charge in [0.2, 0.25) is 5.91 Å². The molecule has 0 aromatic carbocycles. The number of amides is 1. The van der Waals surface area contributed by atoms with Crippen molar-refractivity contribution in [2.24, 2.45) is 0 Å². The number of carbonyl (C=O) groups excluding carboxylic acids is 1. The second-order valence-electron chi connectivity index (χ2n) is 4.22. The predicted octanol–water partition coefficient (Wildman–Crippen LogP) is 1.38. The molecule has 16 heavy (non-hydrogen) atoms. The number of fused-ring (bicyclic) bond motifs is 1. The number of H-pyrrole nitrogens is 1. The first-order valence-corrected chi connectivity index (χ1v) is 5.53. The fraction of sp³-hybridized carbons (Fsp3) is 0.333. The number of aromatic amines is 1. The molecule has 1 saturated heterocycles. The van der Waals surface area contributed by atoms with Crippen molar-refractivity contribution in [3.63, 3.8) is 0 Å². The molecule has 0 saturated carbocycles. The SMILES string of the molecule is O=C1CCC(Cc2ccnc3[nH]ccc23)N1. The van der Waals surface area contributed by atoms with Gasteiger partial charge in [-0.2, -0.15) is 0 Å². The molecule has 4 heteroatoms. The number of nitrogens with zero attached hydrogens (tertiary/aromatic N) is 1. The molecule has 1 aliphatic rings. The van der Waals surface area contributed by atoms with Gasteiger partial charge in [0.05, 0.1) is 0 Å². The van der Waals surface area contributed by atoms with Crippen LogP contribution in [0.4, 0.5) is 0 Å². The molecule has 0 spiro atoms. The van der Waals surface area contributed by atoms with Gasteiger partial charge in [-0.1, -0.05) is 0 Å². The van der Waals surface area contributed by atoms with Gasteiger partial charge < -0.3 is 10.3 Å². The summed E-state index contributed by atoms with van der Waals surface area (Å²) in [5.41, 5.74) is 2.17. The van der Waals surface area contributed by atoms with E-state index < -0.39 is 0 Å². The quantitative estimate of drug-likeness (QED) is 0.795. The first-order chi connectivity index (χ1) is 7.83. The van der Waals surface area contributed by atoms with Crippen molar-refractivity contribution in [3.8, 4) is 0 Å². The topological polar surface area (TPSA) is 57.8 Å². The smallest absolute Gasteiger partial charge is 0.220 e. The average Bonchev–Trinajstić information content (AvgIpc) is 2.87. The van der Waals surface area contributed by atoms with Gasteiger partial charge in [-0.25, -0.2) is 4.98 Å². The lowest BCUT2D eigenvalue weighted by Gasteiger charge is -2.10. The molecule has 3 heterocycles. The predicted molar refractivity (Wildman–Crippen MR) is 61.0 cm³/mol. The van der Waals surface area contributed by atoms with Crippen molar-refractivity contribution >= 4 is 16.9 Å². The van der Waals surface area contributed by atoms with Crippen LogP contribution >= 0.6 is 0 Å². The maximum atomic E-state index is 11.1. The number of pyridine rings is 1. The number of carbonyl (C=O) groups is 1. The molecular formula is C12H13N3O. The second kappa shape index (κ2) is 3.63. The van der Waals surface area contributed by atoms with E-state index in [9.17, 15) is 4.79 Å². The van der Waals surface area contributed by atoms with Crippen LogP contribution in [0.3, 0.4) is 0 Å². The summed E-state index contributed by atoms with van der Waals surface area (Å²) in [7, 11) is 0. The highest BCUT2D eigenvalue weighted by Gasteiger charge is 2.21. The Labute approximate surface area is 93.1 Å². The second-order valence-corrected chi connectivity index (χ2v) is 4.22. The molecule has 4 nitrogen and oxygen atoms in total. The summed E-state index contributed by atoms with van der Waals surface area (Å²) in [5.74, 6) is 0.171. The van der Waals surface area contributed by atoms with Crippen molar-refractivity contribution in [2.45, 2.75) is 25.3 Å². The van der Waals surface area contributed by atoms with Crippen LogP contribution in [0.5, 0.6) is 0 Å². The summed E-state index contributed by atoms with van der Waals surface area (Å²) < 4.78 is 0. The van der Waals surface area contributed by atoms with Gasteiger partial charge in [0.25, 0.3) is 0 Å². The van der Waals surface area contributed by atoms with E-state index in [1.54, 1.807) is 0 Å². The highest BCUT2D eigenvalue weighted by molar-refractivity contribution is 5.80. The Kier molecular flexibility index (Phi) is 2.13. The highest BCUT2D eigenvalue weighted by Crippen LogP contribution is 2.19. The molecule has 3 rings (SSSR count). The number of hydrogen-bond acceptors (Lipinski definition) is 2. The van der Waals surface area contributed by atoms with Crippen LogP contribution in [0.2, 0.25) is 0 Å². The Hall–Kier alpha value is -1.84. The fourth-order valence-electron chi connectivity index (χ4n) is 2.29. The van der Waals surface area contributed by atoms with E-state index in [0.717, 1.165) is 23.9 Å². The maximum Gasteiger partial charge on any atom is 0.220 e. The Morgan fingerprint density at radius 1 is 1.44 bits per heavy atom. The highest BCUT2D eigenvalue weighted by atomic mass is 16.1. The van der Waals surface area contributed by atoms with E-state index in [0.29, 0.717) is 6.42 Å². The molecule has 0 radical (unpaired) electrons. The van der Waals surface area contributed by atoms with Gasteiger partial charge in [-0.3, -0.25) is 4.79 Å². The summed E-state index contributed by atoms with van der Waals surface area (Å²) >= 11 is 0. The third-order valence-corrected chi connectivity index (χ3v) is 3.10. The lowest BCUT2D eigenvalue weighted by molar-refractivity contribution is -0.119. The Morgan fingerprint density at radius 2 is 2.38 bits per heavy atom. The first kappa shape index (κ1) is 9.39. The molecule has 1 unspecified atom stereocenters. The molecule has 82 valence electrons. The molecule has 2 aromatic heterocycles. The van der Waals surface area contributed by atoms with E-state index in [1.807, 2.05) is 24.5 Å². The lowest BCUT2D eigenvalue weighted by Crippen LogP contribution is -2.27. The molecule has 1 fully saturated rings. The molecule has 0 bridgehead atoms. The number of nitrogens with one attached hydrogen (secondary N) is 2. The molecule has 0 aliphatic carbocycles. The monoisotopic (exact) mass is 215 g/mol. The Balaban J connectivity index is 1.88. The van der Waals surface area contributed by atoms with E-state index in [-0.39, 0.29) is 11.9 Å². The normalized spacial score (nSPS) is 20.2. The maximum absolute atomic E-state index is 11.1. The number of hydrogen-bond donors (Lipinski definition) is 2. The van der Waals surface area contributed by atoms with Crippen molar-refractivity contribution < 1.29 is 4.79 Å². The Morgan fingerprint density at radius 3 is 3.19 bits per heavy atom. The molecular weight excluding hydrogens is 202 g/mol. The number of aromatic nitrogens is 2. The fourth-order valence-corrected chi connectivity index (χ4v) is 2.29. The van der Waals surface area contributed by atoms with E-state index >= 15 is 0 Å². The van der Waals surface area contributed by atoms with E-state index in [2.05, 4.69) is 15.3 Å². The van der Waals surface area contributed by atoms with Crippen LogP contribution < -0.4 is 5.32 Å². The van der Waals surface area contributed by atoms with Gasteiger partial charge in [0, 0.05) is 30.2 Å². The van der Waals surface area contributed by atoms with Gasteiger partial charge in [-0.05, 0) is 30.5 Å². The van der Waals surface area contributed by atoms with Crippen molar-refractivity contribution in [3.05, 3.63) is 30.1 Å². The standard InChI is InChI=1S/C12H13N3O/c16-11-2-1-9(15-11)7-8-3-5-13-12-10(8)4-6-14-12/h3-6,9H,1-2,7H2,(H,13,14)(H,15,16). The van der Waals surface area contributed by atoms with Crippen molar-refractivity contribution in [2.75, 3.05) is 0 Å². The van der Waals surface area contributed by atoms with Crippen LogP contribution in [-0.4, -0.2) is 21.9 Å².